The molecule has 0 radical (unpaired) electrons. The molecule has 2 heterocycles. The topological polar surface area (TPSA) is 79.2 Å². The fourth-order valence-electron chi connectivity index (χ4n) is 4.40. The largest absolute Gasteiger partial charge is 0.497 e. The quantitative estimate of drug-likeness (QED) is 0.681. The highest BCUT2D eigenvalue weighted by Crippen LogP contribution is 2.40. The first-order valence-electron chi connectivity index (χ1n) is 10.7. The number of methoxy groups -OCH3 is 1. The predicted molar refractivity (Wildman–Crippen MR) is 120 cm³/mol. The van der Waals surface area contributed by atoms with Crippen molar-refractivity contribution in [3.63, 3.8) is 0 Å². The van der Waals surface area contributed by atoms with Crippen molar-refractivity contribution in [3.8, 4) is 5.75 Å². The Hall–Kier alpha value is -2.06. The van der Waals surface area contributed by atoms with Gasteiger partial charge in [-0.25, -0.2) is 0 Å². The molecule has 31 heavy (non-hydrogen) atoms. The third kappa shape index (κ3) is 5.23. The van der Waals surface area contributed by atoms with Crippen molar-refractivity contribution < 1.29 is 24.5 Å². The molecule has 2 aliphatic rings. The van der Waals surface area contributed by atoms with Gasteiger partial charge in [-0.05, 0) is 42.5 Å². The maximum Gasteiger partial charge on any atom is 0.282 e. The molecule has 0 spiro atoms. The summed E-state index contributed by atoms with van der Waals surface area (Å²) in [6, 6.07) is 17.1. The van der Waals surface area contributed by atoms with E-state index in [4.69, 9.17) is 9.47 Å². The van der Waals surface area contributed by atoms with E-state index in [0.29, 0.717) is 25.1 Å². The van der Waals surface area contributed by atoms with Crippen molar-refractivity contribution in [3.05, 3.63) is 65.7 Å². The second-order valence-corrected chi connectivity index (χ2v) is 9.24. The number of carbonyl (C=O) groups is 1. The van der Waals surface area contributed by atoms with Gasteiger partial charge in [-0.3, -0.25) is 4.79 Å². The van der Waals surface area contributed by atoms with Crippen LogP contribution in [-0.4, -0.2) is 57.3 Å². The zero-order valence-corrected chi connectivity index (χ0v) is 18.5. The van der Waals surface area contributed by atoms with Gasteiger partial charge in [-0.2, -0.15) is 0 Å². The SMILES string of the molecule is COc1ccc(CN2C(=O)SC[C@H]2[C@@]2(O)C[C@@H](O)C[C@@H](CCc3ccccc3)O2)cc1. The number of aliphatic hydroxyl groups excluding tert-OH is 1. The lowest BCUT2D eigenvalue weighted by Crippen LogP contribution is -2.59. The number of benzene rings is 2. The smallest absolute Gasteiger partial charge is 0.282 e. The number of amides is 1. The first-order chi connectivity index (χ1) is 15.0. The molecule has 166 valence electrons. The fraction of sp³-hybridized carbons (Fsp3) is 0.458. The maximum atomic E-state index is 12.6. The lowest BCUT2D eigenvalue weighted by molar-refractivity contribution is -0.292. The normalized spacial score (nSPS) is 28.7. The highest BCUT2D eigenvalue weighted by atomic mass is 32.2. The summed E-state index contributed by atoms with van der Waals surface area (Å²) in [4.78, 5) is 14.3. The van der Waals surface area contributed by atoms with E-state index in [1.807, 2.05) is 42.5 Å². The monoisotopic (exact) mass is 443 g/mol. The minimum absolute atomic E-state index is 0.0845. The summed E-state index contributed by atoms with van der Waals surface area (Å²) < 4.78 is 11.4. The van der Waals surface area contributed by atoms with Crippen LogP contribution in [0.2, 0.25) is 0 Å². The summed E-state index contributed by atoms with van der Waals surface area (Å²) in [5, 5.41) is 21.9. The van der Waals surface area contributed by atoms with E-state index < -0.39 is 17.9 Å². The van der Waals surface area contributed by atoms with Gasteiger partial charge < -0.3 is 24.6 Å². The Morgan fingerprint density at radius 3 is 2.61 bits per heavy atom. The summed E-state index contributed by atoms with van der Waals surface area (Å²) >= 11 is 1.19. The van der Waals surface area contributed by atoms with E-state index in [1.165, 1.54) is 17.3 Å². The molecule has 7 heteroatoms. The Balaban J connectivity index is 1.46. The van der Waals surface area contributed by atoms with Crippen molar-refractivity contribution in [2.24, 2.45) is 0 Å². The summed E-state index contributed by atoms with van der Waals surface area (Å²) in [6.07, 6.45) is 1.17. The van der Waals surface area contributed by atoms with Crippen LogP contribution >= 0.6 is 11.8 Å². The summed E-state index contributed by atoms with van der Waals surface area (Å²) in [7, 11) is 1.61. The molecule has 2 aromatic carbocycles. The molecule has 2 saturated heterocycles. The molecular formula is C24H29NO5S. The standard InChI is InChI=1S/C24H29NO5S/c1-29-20-10-8-18(9-11-20)15-25-22(16-31-23(25)27)24(28)14-19(26)13-21(30-24)12-7-17-5-3-2-4-6-17/h2-6,8-11,19,21-22,26,28H,7,12-16H2,1H3/t19-,21+,22-,24+/m0/s1. The molecule has 6 nitrogen and oxygen atoms in total. The number of thioether (sulfide) groups is 1. The van der Waals surface area contributed by atoms with Crippen LogP contribution in [-0.2, 0) is 17.7 Å². The molecule has 0 bridgehead atoms. The van der Waals surface area contributed by atoms with Crippen molar-refractivity contribution >= 4 is 17.0 Å². The Bertz CT molecular complexity index is 877. The summed E-state index contributed by atoms with van der Waals surface area (Å²) in [5.74, 6) is -0.380. The van der Waals surface area contributed by atoms with Crippen LogP contribution in [0.1, 0.15) is 30.4 Å². The summed E-state index contributed by atoms with van der Waals surface area (Å²) in [5.41, 5.74) is 2.14. The van der Waals surface area contributed by atoms with Crippen LogP contribution < -0.4 is 4.74 Å². The molecule has 2 aliphatic heterocycles. The number of ether oxygens (including phenoxy) is 2. The Labute approximate surface area is 187 Å². The zero-order chi connectivity index (χ0) is 21.8. The maximum absolute atomic E-state index is 12.6. The van der Waals surface area contributed by atoms with Crippen LogP contribution in [0.3, 0.4) is 0 Å². The van der Waals surface area contributed by atoms with Crippen molar-refractivity contribution in [2.45, 2.75) is 56.3 Å². The lowest BCUT2D eigenvalue weighted by Gasteiger charge is -2.45. The van der Waals surface area contributed by atoms with E-state index >= 15 is 0 Å². The minimum Gasteiger partial charge on any atom is -0.497 e. The molecule has 0 aromatic heterocycles. The molecule has 2 fully saturated rings. The highest BCUT2D eigenvalue weighted by molar-refractivity contribution is 8.13. The number of nitrogens with zero attached hydrogens (tertiary/aromatic N) is 1. The highest BCUT2D eigenvalue weighted by Gasteiger charge is 2.51. The van der Waals surface area contributed by atoms with Crippen molar-refractivity contribution in [1.29, 1.82) is 0 Å². The van der Waals surface area contributed by atoms with Gasteiger partial charge in [-0.1, -0.05) is 54.2 Å². The average molecular weight is 444 g/mol. The molecule has 0 saturated carbocycles. The van der Waals surface area contributed by atoms with Gasteiger partial charge >= 0.3 is 0 Å². The Kier molecular flexibility index (Phi) is 6.86. The Morgan fingerprint density at radius 1 is 1.16 bits per heavy atom. The van der Waals surface area contributed by atoms with E-state index in [-0.39, 0.29) is 17.8 Å². The minimum atomic E-state index is -1.56. The number of hydrogen-bond acceptors (Lipinski definition) is 6. The van der Waals surface area contributed by atoms with Gasteiger partial charge in [0.05, 0.1) is 25.4 Å². The molecular weight excluding hydrogens is 414 g/mol. The molecule has 0 unspecified atom stereocenters. The van der Waals surface area contributed by atoms with Crippen LogP contribution in [0.25, 0.3) is 0 Å². The number of hydrogen-bond donors (Lipinski definition) is 2. The number of aryl methyl sites for hydroxylation is 1. The van der Waals surface area contributed by atoms with E-state index in [0.717, 1.165) is 17.7 Å². The van der Waals surface area contributed by atoms with Crippen molar-refractivity contribution in [2.75, 3.05) is 12.9 Å². The molecule has 2 N–H and O–H groups in total. The van der Waals surface area contributed by atoms with Crippen LogP contribution in [0, 0.1) is 0 Å². The third-order valence-electron chi connectivity index (χ3n) is 6.04. The van der Waals surface area contributed by atoms with Gasteiger partial charge in [0.1, 0.15) is 5.75 Å². The summed E-state index contributed by atoms with van der Waals surface area (Å²) in [6.45, 7) is 0.372. The lowest BCUT2D eigenvalue weighted by atomic mass is 9.90. The van der Waals surface area contributed by atoms with E-state index in [1.54, 1.807) is 12.0 Å². The van der Waals surface area contributed by atoms with Gasteiger partial charge in [0.2, 0.25) is 0 Å². The molecule has 4 rings (SSSR count). The number of rotatable bonds is 7. The molecule has 1 amide bonds. The van der Waals surface area contributed by atoms with Crippen molar-refractivity contribution in [1.82, 2.24) is 4.90 Å². The predicted octanol–water partition coefficient (Wildman–Crippen LogP) is 3.59. The first kappa shape index (κ1) is 22.1. The molecule has 2 aromatic rings. The van der Waals surface area contributed by atoms with Gasteiger partial charge in [0.25, 0.3) is 5.24 Å². The van der Waals surface area contributed by atoms with E-state index in [2.05, 4.69) is 12.1 Å². The average Bonchev–Trinajstić information content (AvgIpc) is 3.14. The first-order valence-corrected chi connectivity index (χ1v) is 11.6. The molecule has 0 aliphatic carbocycles. The van der Waals surface area contributed by atoms with Gasteiger partial charge in [0.15, 0.2) is 5.79 Å². The fourth-order valence-corrected chi connectivity index (χ4v) is 5.50. The van der Waals surface area contributed by atoms with Crippen LogP contribution in [0.15, 0.2) is 54.6 Å². The van der Waals surface area contributed by atoms with Gasteiger partial charge in [-0.15, -0.1) is 0 Å². The second kappa shape index (κ2) is 9.61. The second-order valence-electron chi connectivity index (χ2n) is 8.27. The Morgan fingerprint density at radius 2 is 1.90 bits per heavy atom. The van der Waals surface area contributed by atoms with Crippen LogP contribution in [0.4, 0.5) is 4.79 Å². The zero-order valence-electron chi connectivity index (χ0n) is 17.6. The van der Waals surface area contributed by atoms with Gasteiger partial charge in [0, 0.05) is 18.7 Å². The molecule has 4 atom stereocenters. The third-order valence-corrected chi connectivity index (χ3v) is 7.00. The number of aliphatic hydroxyl groups is 2. The van der Waals surface area contributed by atoms with Crippen LogP contribution in [0.5, 0.6) is 5.75 Å². The number of carbonyl (C=O) groups excluding carboxylic acids is 1. The van der Waals surface area contributed by atoms with E-state index in [9.17, 15) is 15.0 Å².